The maximum Gasteiger partial charge on any atom is 0.147 e. The molecular weight excluding hydrogens is 400 g/mol. The van der Waals surface area contributed by atoms with Crippen molar-refractivity contribution in [2.45, 2.75) is 109 Å². The molecule has 0 aromatic rings. The Morgan fingerprint density at radius 3 is 2.62 bits per heavy atom. The SMILES string of the molecule is C=C1CCCC/C1=C/C(O)C1(O)CCC[C@@]2(C)C1CC[C@@H]2C/C=C/CC(C)(C)OCOC. The number of methoxy groups -OCH3 is 1. The molecule has 0 aromatic carbocycles. The van der Waals surface area contributed by atoms with Crippen LogP contribution in [0.2, 0.25) is 0 Å². The van der Waals surface area contributed by atoms with Crippen molar-refractivity contribution < 1.29 is 19.7 Å². The number of ether oxygens (including phenoxy) is 2. The van der Waals surface area contributed by atoms with E-state index in [1.165, 1.54) is 12.0 Å². The van der Waals surface area contributed by atoms with Crippen LogP contribution in [0, 0.1) is 17.3 Å². The van der Waals surface area contributed by atoms with Crippen molar-refractivity contribution in [2.75, 3.05) is 13.9 Å². The van der Waals surface area contributed by atoms with Crippen molar-refractivity contribution in [3.63, 3.8) is 0 Å². The molecular formula is C28H46O4. The lowest BCUT2D eigenvalue weighted by Crippen LogP contribution is -2.55. The Balaban J connectivity index is 1.66. The Labute approximate surface area is 195 Å². The third-order valence-corrected chi connectivity index (χ3v) is 8.69. The molecule has 2 N–H and O–H groups in total. The fourth-order valence-electron chi connectivity index (χ4n) is 6.61. The Hall–Kier alpha value is -0.940. The van der Waals surface area contributed by atoms with Crippen LogP contribution in [0.5, 0.6) is 0 Å². The zero-order chi connectivity index (χ0) is 23.4. The third-order valence-electron chi connectivity index (χ3n) is 8.69. The molecule has 0 aliphatic heterocycles. The molecule has 0 spiro atoms. The highest BCUT2D eigenvalue weighted by Gasteiger charge is 2.58. The molecule has 0 saturated heterocycles. The Morgan fingerprint density at radius 2 is 1.91 bits per heavy atom. The molecule has 0 aromatic heterocycles. The summed E-state index contributed by atoms with van der Waals surface area (Å²) in [5, 5.41) is 23.0. The summed E-state index contributed by atoms with van der Waals surface area (Å²) in [5.41, 5.74) is 1.12. The van der Waals surface area contributed by atoms with Gasteiger partial charge in [0, 0.05) is 7.11 Å². The molecule has 3 aliphatic carbocycles. The standard InChI is InChI=1S/C28H46O4/c1-21-11-6-7-12-22(21)19-25(29)28(30)18-10-17-27(4)23(14-15-24(27)28)13-8-9-16-26(2,3)32-20-31-5/h8-9,19,23-25,29-30H,1,6-7,10-18,20H2,2-5H3/b9-8+,22-19-/t23-,24?,25?,27+,28?/m0/s1. The molecule has 0 heterocycles. The normalized spacial score (nSPS) is 36.1. The van der Waals surface area contributed by atoms with E-state index in [0.717, 1.165) is 63.4 Å². The largest absolute Gasteiger partial charge is 0.387 e. The second-order valence-corrected chi connectivity index (χ2v) is 11.3. The predicted octanol–water partition coefficient (Wildman–Crippen LogP) is 6.09. The maximum absolute atomic E-state index is 11.8. The minimum absolute atomic E-state index is 0.0719. The van der Waals surface area contributed by atoms with Crippen molar-refractivity contribution in [1.82, 2.24) is 0 Å². The summed E-state index contributed by atoms with van der Waals surface area (Å²) in [7, 11) is 1.65. The van der Waals surface area contributed by atoms with Gasteiger partial charge < -0.3 is 19.7 Å². The first-order valence-electron chi connectivity index (χ1n) is 12.7. The van der Waals surface area contributed by atoms with Crippen molar-refractivity contribution >= 4 is 0 Å². The van der Waals surface area contributed by atoms with E-state index in [-0.39, 0.29) is 16.9 Å². The van der Waals surface area contributed by atoms with Gasteiger partial charge in [0.1, 0.15) is 12.9 Å². The summed E-state index contributed by atoms with van der Waals surface area (Å²) < 4.78 is 10.8. The van der Waals surface area contributed by atoms with Gasteiger partial charge in [0.15, 0.2) is 0 Å². The smallest absolute Gasteiger partial charge is 0.147 e. The number of hydrogen-bond donors (Lipinski definition) is 2. The van der Waals surface area contributed by atoms with Crippen LogP contribution < -0.4 is 0 Å². The predicted molar refractivity (Wildman–Crippen MR) is 130 cm³/mol. The molecule has 5 atom stereocenters. The molecule has 0 bridgehead atoms. The number of aliphatic hydroxyl groups excluding tert-OH is 1. The molecule has 0 amide bonds. The minimum Gasteiger partial charge on any atom is -0.387 e. The summed E-state index contributed by atoms with van der Waals surface area (Å²) in [6, 6.07) is 0. The van der Waals surface area contributed by atoms with Crippen LogP contribution in [0.3, 0.4) is 0 Å². The first-order chi connectivity index (χ1) is 15.1. The first-order valence-corrected chi connectivity index (χ1v) is 12.7. The van der Waals surface area contributed by atoms with Gasteiger partial charge in [0.25, 0.3) is 0 Å². The van der Waals surface area contributed by atoms with Crippen LogP contribution in [0.15, 0.2) is 36.0 Å². The molecule has 3 fully saturated rings. The monoisotopic (exact) mass is 446 g/mol. The van der Waals surface area contributed by atoms with Gasteiger partial charge in [-0.2, -0.15) is 0 Å². The molecule has 3 unspecified atom stereocenters. The van der Waals surface area contributed by atoms with E-state index in [9.17, 15) is 10.2 Å². The second-order valence-electron chi connectivity index (χ2n) is 11.3. The van der Waals surface area contributed by atoms with Crippen LogP contribution >= 0.6 is 0 Å². The van der Waals surface area contributed by atoms with Crippen LogP contribution in [-0.2, 0) is 9.47 Å². The van der Waals surface area contributed by atoms with Gasteiger partial charge in [-0.05, 0) is 113 Å². The molecule has 3 saturated carbocycles. The van der Waals surface area contributed by atoms with E-state index >= 15 is 0 Å². The average molecular weight is 447 g/mol. The Morgan fingerprint density at radius 1 is 1.16 bits per heavy atom. The number of fused-ring (bicyclic) bond motifs is 1. The summed E-state index contributed by atoms with van der Waals surface area (Å²) in [6.07, 6.45) is 16.8. The Bertz CT molecular complexity index is 708. The van der Waals surface area contributed by atoms with E-state index < -0.39 is 11.7 Å². The van der Waals surface area contributed by atoms with Crippen molar-refractivity contribution in [3.05, 3.63) is 36.0 Å². The van der Waals surface area contributed by atoms with E-state index in [0.29, 0.717) is 19.1 Å². The van der Waals surface area contributed by atoms with Crippen molar-refractivity contribution in [1.29, 1.82) is 0 Å². The van der Waals surface area contributed by atoms with Crippen molar-refractivity contribution in [2.24, 2.45) is 17.3 Å². The van der Waals surface area contributed by atoms with E-state index in [1.54, 1.807) is 7.11 Å². The zero-order valence-corrected chi connectivity index (χ0v) is 20.9. The van der Waals surface area contributed by atoms with Gasteiger partial charge in [0.2, 0.25) is 0 Å². The fraction of sp³-hybridized carbons (Fsp3) is 0.786. The van der Waals surface area contributed by atoms with Crippen LogP contribution in [0.25, 0.3) is 0 Å². The van der Waals surface area contributed by atoms with E-state index in [4.69, 9.17) is 9.47 Å². The number of hydrogen-bond acceptors (Lipinski definition) is 4. The van der Waals surface area contributed by atoms with Gasteiger partial charge in [0.05, 0.1) is 11.2 Å². The lowest BCUT2D eigenvalue weighted by Gasteiger charge is -2.51. The molecule has 3 aliphatic rings. The summed E-state index contributed by atoms with van der Waals surface area (Å²) >= 11 is 0. The fourth-order valence-corrected chi connectivity index (χ4v) is 6.61. The second kappa shape index (κ2) is 10.5. The summed E-state index contributed by atoms with van der Waals surface area (Å²) in [6.45, 7) is 11.0. The quantitative estimate of drug-likeness (QED) is 0.332. The first kappa shape index (κ1) is 25.7. The Kier molecular flexibility index (Phi) is 8.46. The van der Waals surface area contributed by atoms with Crippen molar-refractivity contribution in [3.8, 4) is 0 Å². The summed E-state index contributed by atoms with van der Waals surface area (Å²) in [5.74, 6) is 0.690. The highest BCUT2D eigenvalue weighted by Crippen LogP contribution is 2.60. The maximum atomic E-state index is 11.8. The highest BCUT2D eigenvalue weighted by molar-refractivity contribution is 5.32. The molecule has 3 rings (SSSR count). The van der Waals surface area contributed by atoms with Gasteiger partial charge in [-0.1, -0.05) is 31.2 Å². The van der Waals surface area contributed by atoms with Crippen LogP contribution in [0.4, 0.5) is 0 Å². The van der Waals surface area contributed by atoms with Crippen LogP contribution in [-0.4, -0.2) is 41.4 Å². The topological polar surface area (TPSA) is 58.9 Å². The van der Waals surface area contributed by atoms with E-state index in [2.05, 4.69) is 39.5 Å². The molecule has 182 valence electrons. The lowest BCUT2D eigenvalue weighted by atomic mass is 9.57. The van der Waals surface area contributed by atoms with E-state index in [1.807, 2.05) is 6.08 Å². The molecule has 4 heteroatoms. The van der Waals surface area contributed by atoms with Gasteiger partial charge in [-0.25, -0.2) is 0 Å². The zero-order valence-electron chi connectivity index (χ0n) is 20.9. The number of allylic oxidation sites excluding steroid dienone is 3. The average Bonchev–Trinajstić information content (AvgIpc) is 3.09. The van der Waals surface area contributed by atoms with Gasteiger partial charge >= 0.3 is 0 Å². The van der Waals surface area contributed by atoms with Gasteiger partial charge in [-0.3, -0.25) is 0 Å². The minimum atomic E-state index is -1.02. The summed E-state index contributed by atoms with van der Waals surface area (Å²) in [4.78, 5) is 0. The molecule has 32 heavy (non-hydrogen) atoms. The molecule has 4 nitrogen and oxygen atoms in total. The van der Waals surface area contributed by atoms with Crippen LogP contribution in [0.1, 0.15) is 91.4 Å². The lowest BCUT2D eigenvalue weighted by molar-refractivity contribution is -0.154. The van der Waals surface area contributed by atoms with Gasteiger partial charge in [-0.15, -0.1) is 0 Å². The number of rotatable bonds is 9. The highest BCUT2D eigenvalue weighted by atomic mass is 16.7. The molecule has 0 radical (unpaired) electrons. The number of aliphatic hydroxyl groups is 2. The third kappa shape index (κ3) is 5.58.